The summed E-state index contributed by atoms with van der Waals surface area (Å²) in [5.41, 5.74) is 1.70. The van der Waals surface area contributed by atoms with E-state index in [1.165, 1.54) is 0 Å². The smallest absolute Gasteiger partial charge is 0.252 e. The minimum atomic E-state index is -0.641. The SMILES string of the molecule is CC1CC1COc1cc(C(=O)N[C@@H](Cc2ccccc2)C(=O)CNC2CC2)cc(C2(C#N)CCCC2)c1. The number of carbonyl (C=O) groups excluding carboxylic acids is 2. The second-order valence-corrected chi connectivity index (χ2v) is 11.3. The van der Waals surface area contributed by atoms with Crippen LogP contribution in [0.5, 0.6) is 5.75 Å². The van der Waals surface area contributed by atoms with E-state index in [0.717, 1.165) is 56.1 Å². The van der Waals surface area contributed by atoms with E-state index in [1.807, 2.05) is 42.5 Å². The van der Waals surface area contributed by atoms with Crippen molar-refractivity contribution < 1.29 is 14.3 Å². The quantitative estimate of drug-likeness (QED) is 0.441. The van der Waals surface area contributed by atoms with Gasteiger partial charge in [-0.1, -0.05) is 50.1 Å². The molecule has 2 aromatic carbocycles. The molecule has 194 valence electrons. The fourth-order valence-electron chi connectivity index (χ4n) is 5.36. The van der Waals surface area contributed by atoms with Gasteiger partial charge in [-0.05, 0) is 79.7 Å². The van der Waals surface area contributed by atoms with Gasteiger partial charge in [0.25, 0.3) is 5.91 Å². The first-order valence-electron chi connectivity index (χ1n) is 13.8. The third-order valence-corrected chi connectivity index (χ3v) is 8.25. The van der Waals surface area contributed by atoms with Crippen LogP contribution in [0.4, 0.5) is 0 Å². The van der Waals surface area contributed by atoms with Gasteiger partial charge in [-0.2, -0.15) is 5.26 Å². The number of nitrogens with one attached hydrogen (secondary N) is 2. The van der Waals surface area contributed by atoms with Crippen LogP contribution in [0.1, 0.15) is 73.4 Å². The van der Waals surface area contributed by atoms with Crippen LogP contribution in [0.2, 0.25) is 0 Å². The van der Waals surface area contributed by atoms with Crippen LogP contribution in [0.3, 0.4) is 0 Å². The van der Waals surface area contributed by atoms with Gasteiger partial charge in [0.15, 0.2) is 5.78 Å². The van der Waals surface area contributed by atoms with Crippen LogP contribution in [0, 0.1) is 23.2 Å². The van der Waals surface area contributed by atoms with E-state index >= 15 is 0 Å². The number of hydrogen-bond acceptors (Lipinski definition) is 5. The Morgan fingerprint density at radius 3 is 2.51 bits per heavy atom. The zero-order chi connectivity index (χ0) is 25.8. The Bertz CT molecular complexity index is 1160. The van der Waals surface area contributed by atoms with E-state index in [4.69, 9.17) is 4.74 Å². The molecule has 1 amide bonds. The topological polar surface area (TPSA) is 91.2 Å². The molecule has 0 aromatic heterocycles. The molecule has 3 atom stereocenters. The fraction of sp³-hybridized carbons (Fsp3) is 0.516. The number of nitrogens with zero attached hydrogens (tertiary/aromatic N) is 1. The lowest BCUT2D eigenvalue weighted by atomic mass is 9.79. The van der Waals surface area contributed by atoms with Gasteiger partial charge in [0.1, 0.15) is 5.75 Å². The largest absolute Gasteiger partial charge is 0.493 e. The molecule has 6 nitrogen and oxygen atoms in total. The van der Waals surface area contributed by atoms with Crippen LogP contribution in [0.25, 0.3) is 0 Å². The molecule has 3 fully saturated rings. The van der Waals surface area contributed by atoms with E-state index in [-0.39, 0.29) is 18.2 Å². The number of ether oxygens (including phenoxy) is 1. The van der Waals surface area contributed by atoms with Gasteiger partial charge in [-0.25, -0.2) is 0 Å². The van der Waals surface area contributed by atoms with Crippen molar-refractivity contribution in [1.29, 1.82) is 5.26 Å². The Hall–Kier alpha value is -3.17. The van der Waals surface area contributed by atoms with Crippen molar-refractivity contribution in [3.05, 3.63) is 65.2 Å². The predicted molar refractivity (Wildman–Crippen MR) is 142 cm³/mol. The molecule has 0 spiro atoms. The molecule has 2 N–H and O–H groups in total. The highest BCUT2D eigenvalue weighted by atomic mass is 16.5. The number of Topliss-reactive ketones (excluding diaryl/α,β-unsaturated/α-hetero) is 1. The van der Waals surface area contributed by atoms with Gasteiger partial charge in [0.05, 0.1) is 30.7 Å². The van der Waals surface area contributed by atoms with Gasteiger partial charge in [-0.15, -0.1) is 0 Å². The van der Waals surface area contributed by atoms with Crippen molar-refractivity contribution in [2.45, 2.75) is 75.8 Å². The molecule has 0 saturated heterocycles. The molecule has 37 heavy (non-hydrogen) atoms. The first-order valence-corrected chi connectivity index (χ1v) is 13.8. The summed E-state index contributed by atoms with van der Waals surface area (Å²) in [6, 6.07) is 17.6. The van der Waals surface area contributed by atoms with Gasteiger partial charge in [-0.3, -0.25) is 9.59 Å². The zero-order valence-corrected chi connectivity index (χ0v) is 21.7. The van der Waals surface area contributed by atoms with Crippen molar-refractivity contribution in [3.8, 4) is 11.8 Å². The molecule has 2 unspecified atom stereocenters. The Morgan fingerprint density at radius 2 is 1.86 bits per heavy atom. The molecule has 5 rings (SSSR count). The van der Waals surface area contributed by atoms with Crippen molar-refractivity contribution >= 4 is 11.7 Å². The number of hydrogen-bond donors (Lipinski definition) is 2. The lowest BCUT2D eigenvalue weighted by molar-refractivity contribution is -0.120. The number of ketones is 1. The molecule has 2 aromatic rings. The van der Waals surface area contributed by atoms with E-state index in [1.54, 1.807) is 6.07 Å². The minimum absolute atomic E-state index is 0.0243. The lowest BCUT2D eigenvalue weighted by Crippen LogP contribution is -2.46. The first kappa shape index (κ1) is 25.5. The number of rotatable bonds is 12. The normalized spacial score (nSPS) is 22.6. The van der Waals surface area contributed by atoms with Crippen molar-refractivity contribution in [3.63, 3.8) is 0 Å². The van der Waals surface area contributed by atoms with Crippen LogP contribution >= 0.6 is 0 Å². The minimum Gasteiger partial charge on any atom is -0.493 e. The van der Waals surface area contributed by atoms with Crippen molar-refractivity contribution in [2.75, 3.05) is 13.2 Å². The number of nitriles is 1. The molecule has 6 heteroatoms. The monoisotopic (exact) mass is 499 g/mol. The molecular weight excluding hydrogens is 462 g/mol. The number of amides is 1. The van der Waals surface area contributed by atoms with Crippen LogP contribution < -0.4 is 15.4 Å². The van der Waals surface area contributed by atoms with Gasteiger partial charge in [0, 0.05) is 11.6 Å². The lowest BCUT2D eigenvalue weighted by Gasteiger charge is -2.23. The zero-order valence-electron chi connectivity index (χ0n) is 21.7. The van der Waals surface area contributed by atoms with Gasteiger partial charge in [0.2, 0.25) is 0 Å². The summed E-state index contributed by atoms with van der Waals surface area (Å²) in [7, 11) is 0. The summed E-state index contributed by atoms with van der Waals surface area (Å²) >= 11 is 0. The third kappa shape index (κ3) is 6.40. The molecule has 0 bridgehead atoms. The molecule has 3 aliphatic rings. The number of carbonyl (C=O) groups is 2. The molecule has 3 aliphatic carbocycles. The maximum atomic E-state index is 13.6. The second-order valence-electron chi connectivity index (χ2n) is 11.3. The Labute approximate surface area is 219 Å². The molecular formula is C31H37N3O3. The van der Waals surface area contributed by atoms with Crippen LogP contribution in [-0.4, -0.2) is 36.9 Å². The summed E-state index contributed by atoms with van der Waals surface area (Å²) < 4.78 is 6.13. The highest BCUT2D eigenvalue weighted by Crippen LogP contribution is 2.43. The molecule has 0 heterocycles. The van der Waals surface area contributed by atoms with Crippen LogP contribution in [-0.2, 0) is 16.6 Å². The number of benzene rings is 2. The Balaban J connectivity index is 1.38. The summed E-state index contributed by atoms with van der Waals surface area (Å²) in [4.78, 5) is 26.7. The van der Waals surface area contributed by atoms with E-state index in [2.05, 4.69) is 23.6 Å². The summed E-state index contributed by atoms with van der Waals surface area (Å²) in [5.74, 6) is 1.51. The van der Waals surface area contributed by atoms with E-state index < -0.39 is 11.5 Å². The van der Waals surface area contributed by atoms with Crippen LogP contribution in [0.15, 0.2) is 48.5 Å². The highest BCUT2D eigenvalue weighted by Gasteiger charge is 2.37. The second kappa shape index (κ2) is 11.1. The molecule has 0 radical (unpaired) electrons. The maximum Gasteiger partial charge on any atom is 0.252 e. The fourth-order valence-corrected chi connectivity index (χ4v) is 5.36. The van der Waals surface area contributed by atoms with Crippen molar-refractivity contribution in [2.24, 2.45) is 11.8 Å². The van der Waals surface area contributed by atoms with E-state index in [9.17, 15) is 14.9 Å². The third-order valence-electron chi connectivity index (χ3n) is 8.25. The average molecular weight is 500 g/mol. The standard InChI is InChI=1S/C31H37N3O3/c1-21-13-24(21)19-37-27-16-23(15-25(17-27)31(20-32)11-5-6-12-31)30(36)34-28(14-22-7-3-2-4-8-22)29(35)18-33-26-9-10-26/h2-4,7-8,15-17,21,24,26,28,33H,5-6,9-14,18-19H2,1H3,(H,34,36)/t21?,24?,28-/m0/s1. The van der Waals surface area contributed by atoms with Crippen molar-refractivity contribution in [1.82, 2.24) is 10.6 Å². The first-order chi connectivity index (χ1) is 18.0. The molecule has 0 aliphatic heterocycles. The Kier molecular flexibility index (Phi) is 7.62. The summed E-state index contributed by atoms with van der Waals surface area (Å²) in [5, 5.41) is 16.4. The Morgan fingerprint density at radius 1 is 1.14 bits per heavy atom. The van der Waals surface area contributed by atoms with Gasteiger partial charge < -0.3 is 15.4 Å². The molecule has 3 saturated carbocycles. The summed E-state index contributed by atoms with van der Waals surface area (Å²) in [6.07, 6.45) is 7.36. The average Bonchev–Trinajstić information content (AvgIpc) is 3.83. The predicted octanol–water partition coefficient (Wildman–Crippen LogP) is 4.72. The highest BCUT2D eigenvalue weighted by molar-refractivity contribution is 5.99. The van der Waals surface area contributed by atoms with Gasteiger partial charge >= 0.3 is 0 Å². The summed E-state index contributed by atoms with van der Waals surface area (Å²) in [6.45, 7) is 3.08. The van der Waals surface area contributed by atoms with E-state index in [0.29, 0.717) is 42.2 Å². The maximum absolute atomic E-state index is 13.6.